The van der Waals surface area contributed by atoms with Crippen LogP contribution in [-0.4, -0.2) is 57.7 Å². The number of hydrogen-bond donors (Lipinski definition) is 2. The van der Waals surface area contributed by atoms with Gasteiger partial charge in [-0.05, 0) is 58.2 Å². The minimum atomic E-state index is -0.422. The lowest BCUT2D eigenvalue weighted by molar-refractivity contribution is -0.117. The number of nitrogens with zero attached hydrogens (tertiary/aromatic N) is 3. The van der Waals surface area contributed by atoms with Crippen molar-refractivity contribution in [3.8, 4) is 16.9 Å². The van der Waals surface area contributed by atoms with E-state index in [1.54, 1.807) is 0 Å². The molecule has 3 aromatic rings. The Bertz CT molecular complexity index is 1190. The first-order valence-corrected chi connectivity index (χ1v) is 12.4. The minimum absolute atomic E-state index is 0.0671. The molecule has 2 aromatic carbocycles. The van der Waals surface area contributed by atoms with E-state index in [1.807, 2.05) is 93.1 Å². The number of anilines is 1. The molecule has 8 nitrogen and oxygen atoms in total. The highest BCUT2D eigenvalue weighted by Gasteiger charge is 2.27. The number of hydrogen-bond acceptors (Lipinski definition) is 4. The first kappa shape index (κ1) is 25.4. The first-order valence-electron chi connectivity index (χ1n) is 12.4. The Hall–Kier alpha value is -3.65. The lowest BCUT2D eigenvalue weighted by Gasteiger charge is -2.29. The van der Waals surface area contributed by atoms with E-state index in [0.717, 1.165) is 35.3 Å². The van der Waals surface area contributed by atoms with Crippen LogP contribution in [0.5, 0.6) is 0 Å². The van der Waals surface area contributed by atoms with Gasteiger partial charge >= 0.3 is 6.03 Å². The summed E-state index contributed by atoms with van der Waals surface area (Å²) in [6, 6.07) is 17.5. The van der Waals surface area contributed by atoms with Crippen molar-refractivity contribution in [1.29, 1.82) is 0 Å². The number of rotatable bonds is 7. The third kappa shape index (κ3) is 6.73. The van der Waals surface area contributed by atoms with E-state index in [2.05, 4.69) is 10.6 Å². The van der Waals surface area contributed by atoms with Crippen molar-refractivity contribution < 1.29 is 14.3 Å². The Kier molecular flexibility index (Phi) is 7.74. The molecule has 4 rings (SSSR count). The molecule has 2 heterocycles. The van der Waals surface area contributed by atoms with Gasteiger partial charge in [0.15, 0.2) is 0 Å². The van der Waals surface area contributed by atoms with Gasteiger partial charge in [-0.3, -0.25) is 14.7 Å². The second-order valence-electron chi connectivity index (χ2n) is 10.3. The predicted octanol–water partition coefficient (Wildman–Crippen LogP) is 4.78. The molecule has 0 unspecified atom stereocenters. The fourth-order valence-electron chi connectivity index (χ4n) is 4.18. The number of imidazole rings is 1. The molecule has 1 fully saturated rings. The summed E-state index contributed by atoms with van der Waals surface area (Å²) in [5.41, 5.74) is 3.26. The zero-order chi connectivity index (χ0) is 25.7. The van der Waals surface area contributed by atoms with Crippen LogP contribution in [0.25, 0.3) is 16.9 Å². The molecular weight excluding hydrogens is 454 g/mol. The maximum absolute atomic E-state index is 13.2. The van der Waals surface area contributed by atoms with E-state index < -0.39 is 5.54 Å². The molecular formula is C28H35N5O3. The molecule has 1 aliphatic heterocycles. The monoisotopic (exact) mass is 489 g/mol. The topological polar surface area (TPSA) is 88.5 Å². The molecule has 190 valence electrons. The molecule has 36 heavy (non-hydrogen) atoms. The van der Waals surface area contributed by atoms with Gasteiger partial charge in [-0.15, -0.1) is 0 Å². The van der Waals surface area contributed by atoms with Crippen molar-refractivity contribution in [3.63, 3.8) is 0 Å². The quantitative estimate of drug-likeness (QED) is 0.500. The van der Waals surface area contributed by atoms with Gasteiger partial charge in [0, 0.05) is 36.1 Å². The van der Waals surface area contributed by atoms with Gasteiger partial charge in [0.05, 0.1) is 11.8 Å². The Morgan fingerprint density at radius 2 is 1.92 bits per heavy atom. The smallest absolute Gasteiger partial charge is 0.318 e. The standard InChI is InChI=1S/C28H35N5O3/c1-20-10-8-13-22(16-20)33-18-24(21-11-6-5-7-12-21)29-26(33)30-25(34)19-32(17-23-14-9-15-36-23)27(35)31-28(2,3)4/h5-8,10-13,16,18,23H,9,14-15,17,19H2,1-4H3,(H,31,35)(H,29,30,34)/t23-/m1/s1. The van der Waals surface area contributed by atoms with Crippen LogP contribution >= 0.6 is 0 Å². The molecule has 8 heteroatoms. The van der Waals surface area contributed by atoms with Crippen LogP contribution in [-0.2, 0) is 9.53 Å². The van der Waals surface area contributed by atoms with Crippen LogP contribution in [0.15, 0.2) is 60.8 Å². The number of carbonyl (C=O) groups excluding carboxylic acids is 2. The molecule has 2 N–H and O–H groups in total. The maximum atomic E-state index is 13.2. The Labute approximate surface area is 212 Å². The van der Waals surface area contributed by atoms with Crippen LogP contribution in [0.2, 0.25) is 0 Å². The Morgan fingerprint density at radius 3 is 2.58 bits per heavy atom. The van der Waals surface area contributed by atoms with Crippen molar-refractivity contribution in [2.24, 2.45) is 0 Å². The molecule has 0 saturated carbocycles. The average molecular weight is 490 g/mol. The molecule has 0 radical (unpaired) electrons. The largest absolute Gasteiger partial charge is 0.376 e. The number of carbonyl (C=O) groups is 2. The van der Waals surface area contributed by atoms with Crippen molar-refractivity contribution in [3.05, 3.63) is 66.4 Å². The summed E-state index contributed by atoms with van der Waals surface area (Å²) in [6.45, 7) is 8.70. The molecule has 1 aliphatic rings. The molecule has 1 saturated heterocycles. The fraction of sp³-hybridized carbons (Fsp3) is 0.393. The van der Waals surface area contributed by atoms with Gasteiger partial charge in [0.1, 0.15) is 6.54 Å². The summed E-state index contributed by atoms with van der Waals surface area (Å²) in [6.07, 6.45) is 3.68. The van der Waals surface area contributed by atoms with Crippen LogP contribution in [0.4, 0.5) is 10.7 Å². The molecule has 1 aromatic heterocycles. The van der Waals surface area contributed by atoms with E-state index in [-0.39, 0.29) is 24.6 Å². The second kappa shape index (κ2) is 11.0. The highest BCUT2D eigenvalue weighted by atomic mass is 16.5. The fourth-order valence-corrected chi connectivity index (χ4v) is 4.18. The average Bonchev–Trinajstić information content (AvgIpc) is 3.48. The number of urea groups is 1. The van der Waals surface area contributed by atoms with Crippen LogP contribution in [0.3, 0.4) is 0 Å². The van der Waals surface area contributed by atoms with E-state index in [1.165, 1.54) is 4.90 Å². The number of aryl methyl sites for hydroxylation is 1. The van der Waals surface area contributed by atoms with Crippen LogP contribution in [0.1, 0.15) is 39.2 Å². The van der Waals surface area contributed by atoms with E-state index in [9.17, 15) is 9.59 Å². The van der Waals surface area contributed by atoms with Gasteiger partial charge in [0.2, 0.25) is 11.9 Å². The normalized spacial score (nSPS) is 15.5. The van der Waals surface area contributed by atoms with Gasteiger partial charge in [-0.2, -0.15) is 0 Å². The number of amides is 3. The van der Waals surface area contributed by atoms with E-state index in [4.69, 9.17) is 9.72 Å². The zero-order valence-electron chi connectivity index (χ0n) is 21.5. The summed E-state index contributed by atoms with van der Waals surface area (Å²) < 4.78 is 7.60. The lowest BCUT2D eigenvalue weighted by Crippen LogP contribution is -2.52. The number of nitrogens with one attached hydrogen (secondary N) is 2. The van der Waals surface area contributed by atoms with Crippen molar-refractivity contribution >= 4 is 17.9 Å². The van der Waals surface area contributed by atoms with E-state index >= 15 is 0 Å². The number of aromatic nitrogens is 2. The van der Waals surface area contributed by atoms with Gasteiger partial charge in [0.25, 0.3) is 0 Å². The van der Waals surface area contributed by atoms with Crippen molar-refractivity contribution in [1.82, 2.24) is 19.8 Å². The molecule has 0 aliphatic carbocycles. The highest BCUT2D eigenvalue weighted by molar-refractivity contribution is 5.93. The number of benzene rings is 2. The van der Waals surface area contributed by atoms with Gasteiger partial charge in [-0.1, -0.05) is 42.5 Å². The van der Waals surface area contributed by atoms with Gasteiger partial charge in [-0.25, -0.2) is 9.78 Å². The lowest BCUT2D eigenvalue weighted by atomic mass is 10.1. The van der Waals surface area contributed by atoms with Crippen LogP contribution < -0.4 is 10.6 Å². The molecule has 3 amide bonds. The molecule has 1 atom stereocenters. The van der Waals surface area contributed by atoms with Gasteiger partial charge < -0.3 is 15.0 Å². The molecule has 0 bridgehead atoms. The highest BCUT2D eigenvalue weighted by Crippen LogP contribution is 2.25. The third-order valence-electron chi connectivity index (χ3n) is 5.86. The third-order valence-corrected chi connectivity index (χ3v) is 5.86. The molecule has 0 spiro atoms. The maximum Gasteiger partial charge on any atom is 0.318 e. The summed E-state index contributed by atoms with van der Waals surface area (Å²) in [4.78, 5) is 32.5. The second-order valence-corrected chi connectivity index (χ2v) is 10.3. The summed E-state index contributed by atoms with van der Waals surface area (Å²) in [5.74, 6) is 0.0777. The number of ether oxygens (including phenoxy) is 1. The minimum Gasteiger partial charge on any atom is -0.376 e. The zero-order valence-corrected chi connectivity index (χ0v) is 21.5. The van der Waals surface area contributed by atoms with Crippen LogP contribution in [0, 0.1) is 6.92 Å². The predicted molar refractivity (Wildman–Crippen MR) is 141 cm³/mol. The summed E-state index contributed by atoms with van der Waals surface area (Å²) in [5, 5.41) is 5.90. The Morgan fingerprint density at radius 1 is 1.14 bits per heavy atom. The summed E-state index contributed by atoms with van der Waals surface area (Å²) >= 11 is 0. The SMILES string of the molecule is Cc1cccc(-n2cc(-c3ccccc3)nc2NC(=O)CN(C[C@H]2CCCO2)C(=O)NC(C)(C)C)c1. The van der Waals surface area contributed by atoms with Crippen molar-refractivity contribution in [2.45, 2.75) is 52.2 Å². The first-order chi connectivity index (χ1) is 17.2. The summed E-state index contributed by atoms with van der Waals surface area (Å²) in [7, 11) is 0. The Balaban J connectivity index is 1.58. The van der Waals surface area contributed by atoms with Crippen molar-refractivity contribution in [2.75, 3.05) is 25.0 Å². The van der Waals surface area contributed by atoms with E-state index in [0.29, 0.717) is 19.1 Å².